The maximum Gasteiger partial charge on any atom is 0.325 e. The first-order valence-corrected chi connectivity index (χ1v) is 5.14. The van der Waals surface area contributed by atoms with Crippen LogP contribution in [0, 0.1) is 13.8 Å². The third-order valence-electron chi connectivity index (χ3n) is 2.19. The van der Waals surface area contributed by atoms with E-state index in [0.29, 0.717) is 11.4 Å². The molecule has 17 heavy (non-hydrogen) atoms. The SMILES string of the molecule is Cc1ccc(NC(=O)N[C@H](C)C(=O)O)c(C)n1. The molecule has 0 bridgehead atoms. The molecule has 92 valence electrons. The van der Waals surface area contributed by atoms with Gasteiger partial charge in [-0.3, -0.25) is 9.78 Å². The number of aromatic nitrogens is 1. The number of aliphatic carboxylic acids is 1. The van der Waals surface area contributed by atoms with Gasteiger partial charge in [-0.2, -0.15) is 0 Å². The van der Waals surface area contributed by atoms with Crippen molar-refractivity contribution in [3.63, 3.8) is 0 Å². The Morgan fingerprint density at radius 3 is 2.53 bits per heavy atom. The fourth-order valence-corrected chi connectivity index (χ4v) is 1.24. The number of nitrogens with one attached hydrogen (secondary N) is 2. The van der Waals surface area contributed by atoms with Crippen LogP contribution in [0.15, 0.2) is 12.1 Å². The van der Waals surface area contributed by atoms with Crippen molar-refractivity contribution >= 4 is 17.7 Å². The van der Waals surface area contributed by atoms with E-state index >= 15 is 0 Å². The molecule has 1 rings (SSSR count). The standard InChI is InChI=1S/C11H15N3O3/c1-6-4-5-9(7(2)12-6)14-11(17)13-8(3)10(15)16/h4-5,8H,1-3H3,(H,15,16)(H2,13,14,17)/t8-/m1/s1. The molecule has 0 radical (unpaired) electrons. The molecular weight excluding hydrogens is 222 g/mol. The highest BCUT2D eigenvalue weighted by Crippen LogP contribution is 2.12. The summed E-state index contributed by atoms with van der Waals surface area (Å²) in [4.78, 5) is 26.2. The van der Waals surface area contributed by atoms with Crippen LogP contribution in [0.25, 0.3) is 0 Å². The molecule has 1 heterocycles. The molecule has 0 unspecified atom stereocenters. The molecule has 6 nitrogen and oxygen atoms in total. The minimum atomic E-state index is -1.08. The van der Waals surface area contributed by atoms with Gasteiger partial charge in [0, 0.05) is 5.69 Å². The number of carbonyl (C=O) groups is 2. The zero-order valence-electron chi connectivity index (χ0n) is 9.94. The predicted octanol–water partition coefficient (Wildman–Crippen LogP) is 1.29. The number of nitrogens with zero attached hydrogens (tertiary/aromatic N) is 1. The molecule has 6 heteroatoms. The summed E-state index contributed by atoms with van der Waals surface area (Å²) in [6.07, 6.45) is 0. The Morgan fingerprint density at radius 2 is 2.00 bits per heavy atom. The van der Waals surface area contributed by atoms with Crippen LogP contribution in [0.1, 0.15) is 18.3 Å². The Labute approximate surface area is 99.1 Å². The van der Waals surface area contributed by atoms with Crippen LogP contribution in [0.3, 0.4) is 0 Å². The average Bonchev–Trinajstić information content (AvgIpc) is 2.22. The van der Waals surface area contributed by atoms with Gasteiger partial charge in [0.15, 0.2) is 0 Å². The van der Waals surface area contributed by atoms with Gasteiger partial charge < -0.3 is 15.7 Å². The van der Waals surface area contributed by atoms with Crippen molar-refractivity contribution in [1.82, 2.24) is 10.3 Å². The first-order chi connectivity index (χ1) is 7.90. The van der Waals surface area contributed by atoms with Gasteiger partial charge in [-0.1, -0.05) is 0 Å². The minimum Gasteiger partial charge on any atom is -0.480 e. The molecule has 0 fully saturated rings. The zero-order valence-corrected chi connectivity index (χ0v) is 9.94. The second kappa shape index (κ2) is 5.29. The third kappa shape index (κ3) is 3.75. The number of carboxylic acids is 1. The highest BCUT2D eigenvalue weighted by Gasteiger charge is 2.14. The zero-order chi connectivity index (χ0) is 13.0. The van der Waals surface area contributed by atoms with E-state index in [9.17, 15) is 9.59 Å². The quantitative estimate of drug-likeness (QED) is 0.738. The molecule has 1 atom stereocenters. The van der Waals surface area contributed by atoms with Gasteiger partial charge in [-0.15, -0.1) is 0 Å². The summed E-state index contributed by atoms with van der Waals surface area (Å²) in [5.41, 5.74) is 2.10. The number of amides is 2. The molecule has 0 aliphatic heterocycles. The fraction of sp³-hybridized carbons (Fsp3) is 0.364. The number of hydrogen-bond acceptors (Lipinski definition) is 3. The molecule has 3 N–H and O–H groups in total. The molecule has 2 amide bonds. The van der Waals surface area contributed by atoms with E-state index in [0.717, 1.165) is 5.69 Å². The van der Waals surface area contributed by atoms with Crippen molar-refractivity contribution in [1.29, 1.82) is 0 Å². The van der Waals surface area contributed by atoms with Gasteiger partial charge in [0.25, 0.3) is 0 Å². The number of urea groups is 1. The smallest absolute Gasteiger partial charge is 0.325 e. The lowest BCUT2D eigenvalue weighted by molar-refractivity contribution is -0.138. The Kier molecular flexibility index (Phi) is 4.03. The van der Waals surface area contributed by atoms with Gasteiger partial charge in [-0.25, -0.2) is 4.79 Å². The summed E-state index contributed by atoms with van der Waals surface area (Å²) in [5.74, 6) is -1.08. The maximum atomic E-state index is 11.5. The van der Waals surface area contributed by atoms with E-state index in [4.69, 9.17) is 5.11 Å². The molecule has 1 aromatic heterocycles. The normalized spacial score (nSPS) is 11.7. The summed E-state index contributed by atoms with van der Waals surface area (Å²) >= 11 is 0. The molecule has 0 spiro atoms. The van der Waals surface area contributed by atoms with E-state index in [1.165, 1.54) is 6.92 Å². The minimum absolute atomic E-state index is 0.561. The van der Waals surface area contributed by atoms with Gasteiger partial charge in [0.2, 0.25) is 0 Å². The van der Waals surface area contributed by atoms with Crippen molar-refractivity contribution < 1.29 is 14.7 Å². The van der Waals surface area contributed by atoms with Crippen LogP contribution in [0.5, 0.6) is 0 Å². The number of aryl methyl sites for hydroxylation is 2. The van der Waals surface area contributed by atoms with Crippen LogP contribution < -0.4 is 10.6 Å². The van der Waals surface area contributed by atoms with Crippen molar-refractivity contribution in [3.8, 4) is 0 Å². The van der Waals surface area contributed by atoms with Crippen molar-refractivity contribution in [2.45, 2.75) is 26.8 Å². The topological polar surface area (TPSA) is 91.3 Å². The Balaban J connectivity index is 2.65. The van der Waals surface area contributed by atoms with E-state index in [-0.39, 0.29) is 0 Å². The summed E-state index contributed by atoms with van der Waals surface area (Å²) in [7, 11) is 0. The van der Waals surface area contributed by atoms with Crippen molar-refractivity contribution in [2.75, 3.05) is 5.32 Å². The molecule has 0 aromatic carbocycles. The number of rotatable bonds is 3. The van der Waals surface area contributed by atoms with Gasteiger partial charge in [0.05, 0.1) is 11.4 Å². The summed E-state index contributed by atoms with van der Waals surface area (Å²) in [6, 6.07) is 1.99. The molecule has 0 saturated carbocycles. The van der Waals surface area contributed by atoms with E-state index in [2.05, 4.69) is 15.6 Å². The Morgan fingerprint density at radius 1 is 1.35 bits per heavy atom. The molecule has 1 aromatic rings. The first kappa shape index (κ1) is 13.0. The van der Waals surface area contributed by atoms with Crippen LogP contribution in [-0.4, -0.2) is 28.1 Å². The van der Waals surface area contributed by atoms with Crippen LogP contribution in [0.2, 0.25) is 0 Å². The lowest BCUT2D eigenvalue weighted by Gasteiger charge is -2.12. The van der Waals surface area contributed by atoms with Gasteiger partial charge >= 0.3 is 12.0 Å². The van der Waals surface area contributed by atoms with Crippen molar-refractivity contribution in [3.05, 3.63) is 23.5 Å². The van der Waals surface area contributed by atoms with Gasteiger partial charge in [0.1, 0.15) is 6.04 Å². The first-order valence-electron chi connectivity index (χ1n) is 5.14. The van der Waals surface area contributed by atoms with Crippen LogP contribution in [-0.2, 0) is 4.79 Å². The maximum absolute atomic E-state index is 11.5. The number of hydrogen-bond donors (Lipinski definition) is 3. The number of anilines is 1. The highest BCUT2D eigenvalue weighted by atomic mass is 16.4. The number of carboxylic acid groups (broad SMARTS) is 1. The molecular formula is C11H15N3O3. The van der Waals surface area contributed by atoms with Crippen LogP contribution in [0.4, 0.5) is 10.5 Å². The lowest BCUT2D eigenvalue weighted by Crippen LogP contribution is -2.41. The Hall–Kier alpha value is -2.11. The highest BCUT2D eigenvalue weighted by molar-refractivity contribution is 5.92. The average molecular weight is 237 g/mol. The molecule has 0 saturated heterocycles. The predicted molar refractivity (Wildman–Crippen MR) is 63.0 cm³/mol. The van der Waals surface area contributed by atoms with Gasteiger partial charge in [-0.05, 0) is 32.9 Å². The summed E-state index contributed by atoms with van der Waals surface area (Å²) < 4.78 is 0. The molecule has 0 aliphatic rings. The number of carbonyl (C=O) groups excluding carboxylic acids is 1. The van der Waals surface area contributed by atoms with Crippen LogP contribution >= 0.6 is 0 Å². The second-order valence-corrected chi connectivity index (χ2v) is 3.74. The fourth-order valence-electron chi connectivity index (χ4n) is 1.24. The van der Waals surface area contributed by atoms with E-state index in [1.54, 1.807) is 19.1 Å². The summed E-state index contributed by atoms with van der Waals surface area (Å²) in [6.45, 7) is 5.01. The third-order valence-corrected chi connectivity index (χ3v) is 2.19. The van der Waals surface area contributed by atoms with E-state index < -0.39 is 18.0 Å². The largest absolute Gasteiger partial charge is 0.480 e. The van der Waals surface area contributed by atoms with E-state index in [1.807, 2.05) is 6.92 Å². The number of pyridine rings is 1. The Bertz CT molecular complexity index is 446. The molecule has 0 aliphatic carbocycles. The monoisotopic (exact) mass is 237 g/mol. The second-order valence-electron chi connectivity index (χ2n) is 3.74. The van der Waals surface area contributed by atoms with Crippen molar-refractivity contribution in [2.24, 2.45) is 0 Å². The lowest BCUT2D eigenvalue weighted by atomic mass is 10.3. The summed E-state index contributed by atoms with van der Waals surface area (Å²) in [5, 5.41) is 13.5.